The molecule has 10 heteroatoms. The highest BCUT2D eigenvalue weighted by atomic mass is 35.5. The average Bonchev–Trinajstić information content (AvgIpc) is 3.31. The molecule has 0 saturated heterocycles. The quantitative estimate of drug-likeness (QED) is 0.407. The molecule has 2 aromatic heterocycles. The molecule has 0 atom stereocenters. The number of hydrogen-bond donors (Lipinski definition) is 2. The van der Waals surface area contributed by atoms with Crippen LogP contribution in [-0.2, 0) is 11.2 Å². The molecule has 0 aliphatic rings. The fourth-order valence-electron chi connectivity index (χ4n) is 3.37. The van der Waals surface area contributed by atoms with Crippen LogP contribution in [0, 0.1) is 0 Å². The minimum Gasteiger partial charge on any atom is -0.441 e. The van der Waals surface area contributed by atoms with Gasteiger partial charge in [0.25, 0.3) is 11.5 Å². The highest BCUT2D eigenvalue weighted by Crippen LogP contribution is 2.22. The summed E-state index contributed by atoms with van der Waals surface area (Å²) in [6, 6.07) is 13.6. The van der Waals surface area contributed by atoms with Crippen molar-refractivity contribution in [2.24, 2.45) is 0 Å². The number of rotatable bonds is 6. The fourth-order valence-corrected chi connectivity index (χ4v) is 3.49. The summed E-state index contributed by atoms with van der Waals surface area (Å²) in [6.07, 6.45) is 1.87. The zero-order valence-corrected chi connectivity index (χ0v) is 19.3. The number of hydrazine groups is 1. The SMILES string of the molecule is CC(C)n1nc(C(=O)NNC(=O)CCc2ncc(-c3ccc(Cl)cc3)o2)c2ccccc2c1=O. The van der Waals surface area contributed by atoms with Gasteiger partial charge in [-0.3, -0.25) is 25.2 Å². The fraction of sp³-hybridized carbons (Fsp3) is 0.208. The third kappa shape index (κ3) is 4.99. The number of fused-ring (bicyclic) bond motifs is 1. The van der Waals surface area contributed by atoms with Crippen molar-refractivity contribution in [1.82, 2.24) is 25.6 Å². The van der Waals surface area contributed by atoms with Gasteiger partial charge in [-0.2, -0.15) is 5.10 Å². The van der Waals surface area contributed by atoms with Crippen molar-refractivity contribution in [3.8, 4) is 11.3 Å². The van der Waals surface area contributed by atoms with Gasteiger partial charge in [0.15, 0.2) is 17.3 Å². The van der Waals surface area contributed by atoms with Crippen LogP contribution in [-0.4, -0.2) is 26.6 Å². The molecule has 2 N–H and O–H groups in total. The number of halogens is 1. The highest BCUT2D eigenvalue weighted by Gasteiger charge is 2.18. The van der Waals surface area contributed by atoms with E-state index in [0.717, 1.165) is 5.56 Å². The maximum atomic E-state index is 12.8. The third-order valence-corrected chi connectivity index (χ3v) is 5.35. The lowest BCUT2D eigenvalue weighted by Gasteiger charge is -2.13. The minimum atomic E-state index is -0.625. The Labute approximate surface area is 199 Å². The van der Waals surface area contributed by atoms with Crippen molar-refractivity contribution in [2.45, 2.75) is 32.7 Å². The highest BCUT2D eigenvalue weighted by molar-refractivity contribution is 6.30. The lowest BCUT2D eigenvalue weighted by Crippen LogP contribution is -2.43. The molecule has 2 heterocycles. The molecule has 174 valence electrons. The number of nitrogens with zero attached hydrogens (tertiary/aromatic N) is 3. The van der Waals surface area contributed by atoms with Crippen LogP contribution in [0.25, 0.3) is 22.1 Å². The molecule has 0 aliphatic heterocycles. The second-order valence-electron chi connectivity index (χ2n) is 7.87. The lowest BCUT2D eigenvalue weighted by atomic mass is 10.1. The van der Waals surface area contributed by atoms with Crippen molar-refractivity contribution in [1.29, 1.82) is 0 Å². The van der Waals surface area contributed by atoms with E-state index in [1.165, 1.54) is 4.68 Å². The monoisotopic (exact) mass is 479 g/mol. The van der Waals surface area contributed by atoms with Crippen molar-refractivity contribution in [3.05, 3.63) is 81.7 Å². The van der Waals surface area contributed by atoms with E-state index in [2.05, 4.69) is 20.9 Å². The van der Waals surface area contributed by atoms with E-state index >= 15 is 0 Å². The smallest absolute Gasteiger partial charge is 0.290 e. The van der Waals surface area contributed by atoms with E-state index in [9.17, 15) is 14.4 Å². The molecule has 0 unspecified atom stereocenters. The average molecular weight is 480 g/mol. The largest absolute Gasteiger partial charge is 0.441 e. The van der Waals surface area contributed by atoms with Crippen molar-refractivity contribution >= 4 is 34.2 Å². The summed E-state index contributed by atoms with van der Waals surface area (Å²) in [7, 11) is 0. The van der Waals surface area contributed by atoms with Crippen LogP contribution >= 0.6 is 11.6 Å². The first-order valence-electron chi connectivity index (χ1n) is 10.6. The van der Waals surface area contributed by atoms with Crippen LogP contribution in [0.2, 0.25) is 5.02 Å². The lowest BCUT2D eigenvalue weighted by molar-refractivity contribution is -0.121. The summed E-state index contributed by atoms with van der Waals surface area (Å²) in [4.78, 5) is 41.8. The van der Waals surface area contributed by atoms with Gasteiger partial charge in [0, 0.05) is 28.8 Å². The van der Waals surface area contributed by atoms with Crippen LogP contribution in [0.5, 0.6) is 0 Å². The topological polar surface area (TPSA) is 119 Å². The zero-order chi connectivity index (χ0) is 24.2. The molecular formula is C24H22ClN5O4. The number of oxazole rings is 1. The standard InChI is InChI=1S/C24H22ClN5O4/c1-14(2)30-24(33)18-6-4-3-5-17(18)22(29-30)23(32)28-27-20(31)11-12-21-26-13-19(34-21)15-7-9-16(25)10-8-15/h3-10,13-14H,11-12H2,1-2H3,(H,27,31)(H,28,32). The van der Waals surface area contributed by atoms with Crippen molar-refractivity contribution in [2.75, 3.05) is 0 Å². The molecule has 2 aromatic carbocycles. The molecule has 0 spiro atoms. The third-order valence-electron chi connectivity index (χ3n) is 5.10. The van der Waals surface area contributed by atoms with Gasteiger partial charge in [0.05, 0.1) is 17.6 Å². The number of carbonyl (C=O) groups is 2. The second-order valence-corrected chi connectivity index (χ2v) is 8.30. The van der Waals surface area contributed by atoms with Gasteiger partial charge in [0.1, 0.15) is 0 Å². The Morgan fingerprint density at radius 3 is 2.47 bits per heavy atom. The number of nitrogens with one attached hydrogen (secondary N) is 2. The first-order valence-corrected chi connectivity index (χ1v) is 11.0. The zero-order valence-electron chi connectivity index (χ0n) is 18.5. The Morgan fingerprint density at radius 2 is 1.76 bits per heavy atom. The predicted molar refractivity (Wildman–Crippen MR) is 127 cm³/mol. The van der Waals surface area contributed by atoms with Gasteiger partial charge in [-0.1, -0.05) is 29.8 Å². The molecule has 4 aromatic rings. The molecule has 4 rings (SSSR count). The van der Waals surface area contributed by atoms with E-state index in [1.54, 1.807) is 56.4 Å². The van der Waals surface area contributed by atoms with Crippen LogP contribution in [0.3, 0.4) is 0 Å². The number of benzene rings is 2. The summed E-state index contributed by atoms with van der Waals surface area (Å²) in [5, 5.41) is 5.62. The Bertz CT molecular complexity index is 1410. The summed E-state index contributed by atoms with van der Waals surface area (Å²) in [5.74, 6) is -0.0946. The van der Waals surface area contributed by atoms with E-state index < -0.39 is 11.8 Å². The molecule has 0 bridgehead atoms. The van der Waals surface area contributed by atoms with Gasteiger partial charge >= 0.3 is 0 Å². The second kappa shape index (κ2) is 9.88. The first-order chi connectivity index (χ1) is 16.3. The molecule has 0 fully saturated rings. The molecule has 0 radical (unpaired) electrons. The van der Waals surface area contributed by atoms with Crippen LogP contribution in [0.15, 0.2) is 63.9 Å². The number of amides is 2. The Kier molecular flexibility index (Phi) is 6.74. The minimum absolute atomic E-state index is 0.0422. The Hall–Kier alpha value is -3.98. The predicted octanol–water partition coefficient (Wildman–Crippen LogP) is 3.68. The maximum Gasteiger partial charge on any atom is 0.290 e. The van der Waals surface area contributed by atoms with Crippen molar-refractivity contribution in [3.63, 3.8) is 0 Å². The number of aryl methyl sites for hydroxylation is 1. The van der Waals surface area contributed by atoms with Gasteiger partial charge in [-0.25, -0.2) is 9.67 Å². The number of carbonyl (C=O) groups excluding carboxylic acids is 2. The number of hydrogen-bond acceptors (Lipinski definition) is 6. The van der Waals surface area contributed by atoms with Crippen LogP contribution < -0.4 is 16.4 Å². The van der Waals surface area contributed by atoms with Gasteiger partial charge in [0.2, 0.25) is 5.91 Å². The summed E-state index contributed by atoms with van der Waals surface area (Å²) >= 11 is 5.90. The Morgan fingerprint density at radius 1 is 1.06 bits per heavy atom. The van der Waals surface area contributed by atoms with Crippen LogP contribution in [0.1, 0.15) is 42.7 Å². The Balaban J connectivity index is 1.39. The molecule has 0 saturated carbocycles. The molecular weight excluding hydrogens is 458 g/mol. The van der Waals surface area contributed by atoms with Crippen molar-refractivity contribution < 1.29 is 14.0 Å². The molecule has 9 nitrogen and oxygen atoms in total. The van der Waals surface area contributed by atoms with Crippen LogP contribution in [0.4, 0.5) is 0 Å². The molecule has 2 amide bonds. The maximum absolute atomic E-state index is 12.8. The normalized spacial score (nSPS) is 11.1. The van der Waals surface area contributed by atoms with E-state index in [4.69, 9.17) is 16.0 Å². The number of aromatic nitrogens is 3. The van der Waals surface area contributed by atoms with Gasteiger partial charge < -0.3 is 4.42 Å². The van der Waals surface area contributed by atoms with Gasteiger partial charge in [-0.15, -0.1) is 0 Å². The van der Waals surface area contributed by atoms with E-state index in [1.807, 2.05) is 12.1 Å². The van der Waals surface area contributed by atoms with Gasteiger partial charge in [-0.05, 0) is 44.2 Å². The molecule has 34 heavy (non-hydrogen) atoms. The first kappa shape index (κ1) is 23.2. The van der Waals surface area contributed by atoms with E-state index in [0.29, 0.717) is 27.4 Å². The summed E-state index contributed by atoms with van der Waals surface area (Å²) in [5.41, 5.74) is 5.33. The summed E-state index contributed by atoms with van der Waals surface area (Å²) in [6.45, 7) is 3.60. The molecule has 0 aliphatic carbocycles. The van der Waals surface area contributed by atoms with E-state index in [-0.39, 0.29) is 30.1 Å². The summed E-state index contributed by atoms with van der Waals surface area (Å²) < 4.78 is 6.94.